The summed E-state index contributed by atoms with van der Waals surface area (Å²) in [5, 5.41) is 2.88. The van der Waals surface area contributed by atoms with E-state index in [2.05, 4.69) is 15.3 Å². The molecular formula is C16H20N4O5S2. The number of nitrogens with one attached hydrogen (secondary N) is 3. The summed E-state index contributed by atoms with van der Waals surface area (Å²) in [5.74, 6) is 0.185. The zero-order chi connectivity index (χ0) is 19.8. The van der Waals surface area contributed by atoms with E-state index in [-0.39, 0.29) is 33.6 Å². The molecule has 0 aliphatic carbocycles. The third kappa shape index (κ3) is 3.80. The largest absolute Gasteiger partial charge is 0.352 e. The van der Waals surface area contributed by atoms with E-state index in [0.29, 0.717) is 5.75 Å². The number of thioether (sulfide) groups is 1. The predicted octanol–water partition coefficient (Wildman–Crippen LogP) is 0.195. The monoisotopic (exact) mass is 412 g/mol. The number of hydrogen-bond donors (Lipinski definition) is 3. The van der Waals surface area contributed by atoms with Crippen LogP contribution in [0.3, 0.4) is 0 Å². The second-order valence-corrected chi connectivity index (χ2v) is 9.23. The van der Waals surface area contributed by atoms with Crippen LogP contribution in [0.2, 0.25) is 0 Å². The van der Waals surface area contributed by atoms with Crippen molar-refractivity contribution < 1.29 is 13.2 Å². The number of fused-ring (bicyclic) bond motifs is 1. The third-order valence-corrected chi connectivity index (χ3v) is 7.49. The van der Waals surface area contributed by atoms with Crippen LogP contribution >= 0.6 is 11.8 Å². The van der Waals surface area contributed by atoms with E-state index in [4.69, 9.17) is 0 Å². The van der Waals surface area contributed by atoms with Gasteiger partial charge in [-0.1, -0.05) is 6.92 Å². The van der Waals surface area contributed by atoms with Gasteiger partial charge in [-0.05, 0) is 31.5 Å². The minimum Gasteiger partial charge on any atom is -0.352 e. The number of hydrogen-bond acceptors (Lipinski definition) is 6. The summed E-state index contributed by atoms with van der Waals surface area (Å²) in [5.41, 5.74) is -1.10. The smallest absolute Gasteiger partial charge is 0.326 e. The summed E-state index contributed by atoms with van der Waals surface area (Å²) in [6.45, 7) is 3.79. The Morgan fingerprint density at radius 3 is 2.81 bits per heavy atom. The van der Waals surface area contributed by atoms with Crippen molar-refractivity contribution >= 4 is 38.6 Å². The Kier molecular flexibility index (Phi) is 5.45. The van der Waals surface area contributed by atoms with E-state index in [1.807, 2.05) is 13.8 Å². The van der Waals surface area contributed by atoms with Crippen molar-refractivity contribution in [3.8, 4) is 0 Å². The Morgan fingerprint density at radius 2 is 2.11 bits per heavy atom. The second-order valence-electron chi connectivity index (χ2n) is 6.34. The summed E-state index contributed by atoms with van der Waals surface area (Å²) < 4.78 is 27.3. The summed E-state index contributed by atoms with van der Waals surface area (Å²) in [6, 6.07) is 3.05. The van der Waals surface area contributed by atoms with Crippen molar-refractivity contribution in [3.05, 3.63) is 39.0 Å². The minimum atomic E-state index is -3.99. The zero-order valence-electron chi connectivity index (χ0n) is 14.8. The molecule has 9 nitrogen and oxygen atoms in total. The van der Waals surface area contributed by atoms with Crippen LogP contribution in [0.1, 0.15) is 20.3 Å². The first-order valence-electron chi connectivity index (χ1n) is 8.40. The van der Waals surface area contributed by atoms with Gasteiger partial charge in [-0.2, -0.15) is 4.31 Å². The number of H-pyrrole nitrogens is 2. The zero-order valence-corrected chi connectivity index (χ0v) is 16.4. The van der Waals surface area contributed by atoms with Crippen LogP contribution in [0.25, 0.3) is 10.9 Å². The lowest BCUT2D eigenvalue weighted by atomic mass is 10.2. The molecule has 146 valence electrons. The molecule has 1 aliphatic heterocycles. The number of aromatic nitrogens is 2. The van der Waals surface area contributed by atoms with Crippen LogP contribution < -0.4 is 16.6 Å². The molecule has 3 N–H and O–H groups in total. The highest BCUT2D eigenvalue weighted by molar-refractivity contribution is 8.00. The number of aromatic amines is 2. The molecule has 11 heteroatoms. The Hall–Kier alpha value is -2.11. The first kappa shape index (κ1) is 19.6. The van der Waals surface area contributed by atoms with E-state index in [0.717, 1.165) is 10.7 Å². The highest BCUT2D eigenvalue weighted by Gasteiger charge is 2.40. The Labute approximate surface area is 159 Å². The number of rotatable bonds is 5. The van der Waals surface area contributed by atoms with Crippen molar-refractivity contribution in [2.45, 2.75) is 37.2 Å². The first-order valence-corrected chi connectivity index (χ1v) is 11.0. The number of sulfonamides is 1. The van der Waals surface area contributed by atoms with E-state index in [1.165, 1.54) is 30.0 Å². The van der Waals surface area contributed by atoms with Crippen LogP contribution in [0, 0.1) is 0 Å². The van der Waals surface area contributed by atoms with E-state index in [1.54, 1.807) is 0 Å². The molecule has 1 amide bonds. The molecule has 2 aromatic rings. The molecule has 0 spiro atoms. The standard InChI is InChI=1S/C16H20N4O5S2/c1-3-9(2)17-15(22)13-7-26-8-20(13)27(24,25)10-4-5-12-11(6-10)14(21)19-16(23)18-12/h4-6,9,13H,3,7-8H2,1-2H3,(H,17,22)(H2,18,19,21,23). The van der Waals surface area contributed by atoms with Crippen LogP contribution in [0.5, 0.6) is 0 Å². The fourth-order valence-electron chi connectivity index (χ4n) is 2.75. The van der Waals surface area contributed by atoms with Gasteiger partial charge in [-0.15, -0.1) is 11.8 Å². The first-order chi connectivity index (χ1) is 12.7. The minimum absolute atomic E-state index is 0.0521. The summed E-state index contributed by atoms with van der Waals surface area (Å²) in [6.07, 6.45) is 0.740. The van der Waals surface area contributed by atoms with E-state index in [9.17, 15) is 22.8 Å². The van der Waals surface area contributed by atoms with Gasteiger partial charge in [0.15, 0.2) is 0 Å². The molecule has 1 saturated heterocycles. The number of benzene rings is 1. The van der Waals surface area contributed by atoms with Crippen LogP contribution in [0.15, 0.2) is 32.7 Å². The summed E-state index contributed by atoms with van der Waals surface area (Å²) >= 11 is 1.35. The van der Waals surface area contributed by atoms with Gasteiger partial charge in [0, 0.05) is 11.8 Å². The van der Waals surface area contributed by atoms with E-state index < -0.39 is 27.3 Å². The number of amides is 1. The lowest BCUT2D eigenvalue weighted by Gasteiger charge is -2.24. The predicted molar refractivity (Wildman–Crippen MR) is 103 cm³/mol. The molecule has 27 heavy (non-hydrogen) atoms. The average molecular weight is 412 g/mol. The molecule has 2 heterocycles. The van der Waals surface area contributed by atoms with Gasteiger partial charge in [0.05, 0.1) is 21.7 Å². The molecule has 1 aliphatic rings. The molecule has 0 bridgehead atoms. The molecule has 2 atom stereocenters. The lowest BCUT2D eigenvalue weighted by Crippen LogP contribution is -2.49. The number of carbonyl (C=O) groups excluding carboxylic acids is 1. The summed E-state index contributed by atoms with van der Waals surface area (Å²) in [4.78, 5) is 40.2. The molecule has 0 saturated carbocycles. The maximum Gasteiger partial charge on any atom is 0.326 e. The van der Waals surface area contributed by atoms with Gasteiger partial charge in [-0.25, -0.2) is 13.2 Å². The average Bonchev–Trinajstić information content (AvgIpc) is 3.11. The molecule has 1 fully saturated rings. The highest BCUT2D eigenvalue weighted by atomic mass is 32.2. The van der Waals surface area contributed by atoms with Crippen molar-refractivity contribution in [2.75, 3.05) is 11.6 Å². The van der Waals surface area contributed by atoms with Gasteiger partial charge in [0.2, 0.25) is 15.9 Å². The van der Waals surface area contributed by atoms with Gasteiger partial charge in [0.25, 0.3) is 5.56 Å². The topological polar surface area (TPSA) is 132 Å². The van der Waals surface area contributed by atoms with Crippen molar-refractivity contribution in [1.82, 2.24) is 19.6 Å². The SMILES string of the molecule is CCC(C)NC(=O)C1CSCN1S(=O)(=O)c1ccc2[nH]c(=O)[nH]c(=O)c2c1. The number of carbonyl (C=O) groups is 1. The van der Waals surface area contributed by atoms with Gasteiger partial charge in [-0.3, -0.25) is 14.6 Å². The summed E-state index contributed by atoms with van der Waals surface area (Å²) in [7, 11) is -3.99. The Bertz CT molecular complexity index is 1090. The third-order valence-electron chi connectivity index (χ3n) is 4.46. The second kappa shape index (κ2) is 7.49. The molecule has 3 rings (SSSR count). The fourth-order valence-corrected chi connectivity index (χ4v) is 5.93. The van der Waals surface area contributed by atoms with E-state index >= 15 is 0 Å². The van der Waals surface area contributed by atoms with Gasteiger partial charge in [0.1, 0.15) is 6.04 Å². The highest BCUT2D eigenvalue weighted by Crippen LogP contribution is 2.29. The van der Waals surface area contributed by atoms with Crippen molar-refractivity contribution in [3.63, 3.8) is 0 Å². The van der Waals surface area contributed by atoms with Gasteiger partial charge >= 0.3 is 5.69 Å². The van der Waals surface area contributed by atoms with Crippen LogP contribution in [-0.2, 0) is 14.8 Å². The molecule has 1 aromatic heterocycles. The van der Waals surface area contributed by atoms with Gasteiger partial charge < -0.3 is 10.3 Å². The molecule has 1 aromatic carbocycles. The molecule has 0 radical (unpaired) electrons. The maximum absolute atomic E-state index is 13.1. The number of nitrogens with zero attached hydrogens (tertiary/aromatic N) is 1. The lowest BCUT2D eigenvalue weighted by molar-refractivity contribution is -0.124. The van der Waals surface area contributed by atoms with Crippen LogP contribution in [-0.4, -0.2) is 52.3 Å². The molecular weight excluding hydrogens is 392 g/mol. The normalized spacial score (nSPS) is 19.3. The van der Waals surface area contributed by atoms with Crippen LogP contribution in [0.4, 0.5) is 0 Å². The Morgan fingerprint density at radius 1 is 1.37 bits per heavy atom. The van der Waals surface area contributed by atoms with Crippen molar-refractivity contribution in [2.24, 2.45) is 0 Å². The quantitative estimate of drug-likeness (QED) is 0.642. The Balaban J connectivity index is 1.98. The molecule has 2 unspecified atom stereocenters. The fraction of sp³-hybridized carbons (Fsp3) is 0.438. The van der Waals surface area contributed by atoms with Crippen molar-refractivity contribution in [1.29, 1.82) is 0 Å². The maximum atomic E-state index is 13.1.